The molecule has 8 heteroatoms. The van der Waals surface area contributed by atoms with Gasteiger partial charge in [-0.1, -0.05) is 31.5 Å². The van der Waals surface area contributed by atoms with Gasteiger partial charge in [0.05, 0.1) is 0 Å². The maximum atomic E-state index is 12.4. The topological polar surface area (TPSA) is 66.7 Å². The first kappa shape index (κ1) is 16.2. The van der Waals surface area contributed by atoms with Crippen LogP contribution >= 0.6 is 11.6 Å². The van der Waals surface area contributed by atoms with Gasteiger partial charge in [0.25, 0.3) is 10.0 Å². The summed E-state index contributed by atoms with van der Waals surface area (Å²) in [7, 11) is -3.69. The van der Waals surface area contributed by atoms with Gasteiger partial charge in [0.1, 0.15) is 5.65 Å². The molecule has 116 valence electrons. The van der Waals surface area contributed by atoms with E-state index in [4.69, 9.17) is 11.6 Å². The van der Waals surface area contributed by atoms with Crippen LogP contribution in [0.4, 0.5) is 0 Å². The van der Waals surface area contributed by atoms with Gasteiger partial charge in [-0.2, -0.15) is 0 Å². The van der Waals surface area contributed by atoms with E-state index in [2.05, 4.69) is 14.6 Å². The summed E-state index contributed by atoms with van der Waals surface area (Å²) in [5.74, 6) is 0. The van der Waals surface area contributed by atoms with E-state index < -0.39 is 10.0 Å². The molecule has 0 aliphatic heterocycles. The molecule has 0 aliphatic rings. The first-order valence-corrected chi connectivity index (χ1v) is 8.70. The molecule has 1 N–H and O–H groups in total. The van der Waals surface area contributed by atoms with Gasteiger partial charge in [-0.25, -0.2) is 18.1 Å². The quantitative estimate of drug-likeness (QED) is 0.837. The van der Waals surface area contributed by atoms with Gasteiger partial charge < -0.3 is 4.90 Å². The second-order valence-electron chi connectivity index (χ2n) is 4.56. The second kappa shape index (κ2) is 6.74. The number of likely N-dealkylation sites (N-methyl/N-ethyl adjacent to an activating group) is 1. The molecule has 0 aromatic carbocycles. The Kier molecular flexibility index (Phi) is 5.21. The molecule has 0 radical (unpaired) electrons. The van der Waals surface area contributed by atoms with Crippen molar-refractivity contribution in [3.63, 3.8) is 0 Å². The average Bonchev–Trinajstić information content (AvgIpc) is 2.80. The summed E-state index contributed by atoms with van der Waals surface area (Å²) in [5.41, 5.74) is 0.506. The molecule has 0 atom stereocenters. The van der Waals surface area contributed by atoms with Crippen LogP contribution in [0.3, 0.4) is 0 Å². The van der Waals surface area contributed by atoms with Crippen LogP contribution in [0.25, 0.3) is 5.65 Å². The number of sulfonamides is 1. The number of hydrogen-bond donors (Lipinski definition) is 1. The molecule has 2 aromatic heterocycles. The van der Waals surface area contributed by atoms with Crippen LogP contribution in [0.1, 0.15) is 13.8 Å². The number of pyridine rings is 1. The van der Waals surface area contributed by atoms with Crippen molar-refractivity contribution in [1.29, 1.82) is 0 Å². The zero-order chi connectivity index (χ0) is 15.5. The third-order valence-electron chi connectivity index (χ3n) is 3.32. The van der Waals surface area contributed by atoms with Crippen molar-refractivity contribution >= 4 is 27.3 Å². The van der Waals surface area contributed by atoms with Crippen LogP contribution in [-0.4, -0.2) is 48.9 Å². The third kappa shape index (κ3) is 3.55. The van der Waals surface area contributed by atoms with Crippen molar-refractivity contribution < 1.29 is 8.42 Å². The number of halogens is 1. The van der Waals surface area contributed by atoms with Crippen LogP contribution in [0.5, 0.6) is 0 Å². The van der Waals surface area contributed by atoms with Crippen molar-refractivity contribution in [1.82, 2.24) is 19.0 Å². The fraction of sp³-hybridized carbons (Fsp3) is 0.462. The zero-order valence-electron chi connectivity index (χ0n) is 12.1. The minimum atomic E-state index is -3.69. The molecule has 21 heavy (non-hydrogen) atoms. The number of nitrogens with one attached hydrogen (secondary N) is 1. The molecule has 0 spiro atoms. The number of rotatable bonds is 7. The molecule has 6 nitrogen and oxygen atoms in total. The van der Waals surface area contributed by atoms with Crippen molar-refractivity contribution in [3.8, 4) is 0 Å². The maximum Gasteiger partial charge on any atom is 0.259 e. The smallest absolute Gasteiger partial charge is 0.259 e. The van der Waals surface area contributed by atoms with E-state index in [0.717, 1.165) is 13.1 Å². The summed E-state index contributed by atoms with van der Waals surface area (Å²) >= 11 is 5.99. The lowest BCUT2D eigenvalue weighted by atomic mass is 10.5. The molecule has 0 saturated carbocycles. The highest BCUT2D eigenvalue weighted by Gasteiger charge is 2.23. The Labute approximate surface area is 129 Å². The molecular formula is C13H19ClN4O2S. The highest BCUT2D eigenvalue weighted by atomic mass is 35.5. The molecule has 0 saturated heterocycles. The van der Waals surface area contributed by atoms with E-state index in [1.54, 1.807) is 24.4 Å². The first-order valence-electron chi connectivity index (χ1n) is 6.84. The van der Waals surface area contributed by atoms with E-state index in [9.17, 15) is 8.42 Å². The Hall–Kier alpha value is -1.15. The molecular weight excluding hydrogens is 312 g/mol. The van der Waals surface area contributed by atoms with Gasteiger partial charge in [0.15, 0.2) is 10.2 Å². The van der Waals surface area contributed by atoms with Gasteiger partial charge in [-0.3, -0.25) is 4.40 Å². The summed E-state index contributed by atoms with van der Waals surface area (Å²) in [6.07, 6.45) is 1.63. The fourth-order valence-electron chi connectivity index (χ4n) is 2.13. The van der Waals surface area contributed by atoms with Crippen LogP contribution in [-0.2, 0) is 10.0 Å². The van der Waals surface area contributed by atoms with Crippen LogP contribution in [0.2, 0.25) is 5.15 Å². The van der Waals surface area contributed by atoms with Crippen molar-refractivity contribution in [3.05, 3.63) is 29.5 Å². The lowest BCUT2D eigenvalue weighted by Crippen LogP contribution is -2.35. The summed E-state index contributed by atoms with van der Waals surface area (Å²) in [6.45, 7) is 6.84. The van der Waals surface area contributed by atoms with Crippen LogP contribution < -0.4 is 4.72 Å². The number of hydrogen-bond acceptors (Lipinski definition) is 4. The molecule has 2 rings (SSSR count). The minimum Gasteiger partial charge on any atom is -0.303 e. The minimum absolute atomic E-state index is 0.0145. The fourth-order valence-corrected chi connectivity index (χ4v) is 3.79. The van der Waals surface area contributed by atoms with Crippen molar-refractivity contribution in [2.45, 2.75) is 18.9 Å². The predicted octanol–water partition coefficient (Wildman–Crippen LogP) is 1.61. The molecule has 0 fully saturated rings. The van der Waals surface area contributed by atoms with Gasteiger partial charge in [0.2, 0.25) is 0 Å². The lowest BCUT2D eigenvalue weighted by Gasteiger charge is -2.17. The van der Waals surface area contributed by atoms with E-state index in [0.29, 0.717) is 18.7 Å². The van der Waals surface area contributed by atoms with Gasteiger partial charge in [-0.15, -0.1) is 0 Å². The van der Waals surface area contributed by atoms with Crippen LogP contribution in [0, 0.1) is 0 Å². The van der Waals surface area contributed by atoms with Crippen molar-refractivity contribution in [2.75, 3.05) is 26.2 Å². The number of nitrogens with zero attached hydrogens (tertiary/aromatic N) is 3. The normalized spacial score (nSPS) is 12.4. The zero-order valence-corrected chi connectivity index (χ0v) is 13.7. The monoisotopic (exact) mass is 330 g/mol. The van der Waals surface area contributed by atoms with E-state index >= 15 is 0 Å². The Morgan fingerprint density at radius 3 is 2.71 bits per heavy atom. The van der Waals surface area contributed by atoms with Gasteiger partial charge in [0, 0.05) is 19.3 Å². The molecule has 0 bridgehead atoms. The number of imidazole rings is 1. The molecule has 2 aromatic rings. The Morgan fingerprint density at radius 1 is 1.33 bits per heavy atom. The second-order valence-corrected chi connectivity index (χ2v) is 6.60. The summed E-state index contributed by atoms with van der Waals surface area (Å²) in [5, 5.41) is -0.0316. The SMILES string of the molecule is CCN(CC)CCNS(=O)(=O)c1c(Cl)nc2ccccn12. The summed E-state index contributed by atoms with van der Waals surface area (Å²) < 4.78 is 28.9. The highest BCUT2D eigenvalue weighted by molar-refractivity contribution is 7.89. The lowest BCUT2D eigenvalue weighted by molar-refractivity contribution is 0.309. The Morgan fingerprint density at radius 2 is 2.05 bits per heavy atom. The number of fused-ring (bicyclic) bond motifs is 1. The molecule has 0 amide bonds. The largest absolute Gasteiger partial charge is 0.303 e. The van der Waals surface area contributed by atoms with E-state index in [1.165, 1.54) is 4.40 Å². The predicted molar refractivity (Wildman–Crippen MR) is 83.2 cm³/mol. The van der Waals surface area contributed by atoms with E-state index in [-0.39, 0.29) is 10.2 Å². The molecule has 0 aliphatic carbocycles. The standard InChI is InChI=1S/C13H19ClN4O2S/c1-3-17(4-2)10-8-15-21(19,20)13-12(14)16-11-7-5-6-9-18(11)13/h5-7,9,15H,3-4,8,10H2,1-2H3. The van der Waals surface area contributed by atoms with Crippen molar-refractivity contribution in [2.24, 2.45) is 0 Å². The maximum absolute atomic E-state index is 12.4. The summed E-state index contributed by atoms with van der Waals surface area (Å²) in [4.78, 5) is 6.19. The van der Waals surface area contributed by atoms with Crippen LogP contribution in [0.15, 0.2) is 29.4 Å². The van der Waals surface area contributed by atoms with Gasteiger partial charge in [-0.05, 0) is 25.2 Å². The summed E-state index contributed by atoms with van der Waals surface area (Å²) in [6, 6.07) is 5.23. The Balaban J connectivity index is 2.20. The highest BCUT2D eigenvalue weighted by Crippen LogP contribution is 2.22. The Bertz CT molecular complexity index is 710. The number of aromatic nitrogens is 2. The first-order chi connectivity index (χ1) is 9.99. The molecule has 0 unspecified atom stereocenters. The van der Waals surface area contributed by atoms with E-state index in [1.807, 2.05) is 13.8 Å². The third-order valence-corrected chi connectivity index (χ3v) is 5.17. The molecule has 2 heterocycles. The van der Waals surface area contributed by atoms with Gasteiger partial charge >= 0.3 is 0 Å². The average molecular weight is 331 g/mol.